The van der Waals surface area contributed by atoms with E-state index in [0.717, 1.165) is 11.8 Å². The van der Waals surface area contributed by atoms with Gasteiger partial charge in [-0.05, 0) is 119 Å². The van der Waals surface area contributed by atoms with E-state index < -0.39 is 0 Å². The second kappa shape index (κ2) is 14.0. The van der Waals surface area contributed by atoms with Crippen LogP contribution in [0.3, 0.4) is 0 Å². The summed E-state index contributed by atoms with van der Waals surface area (Å²) < 4.78 is 4.92. The standard InChI is InChI=1S/C54H48N2/c1-3-11-37(12-4-1)39-19-23-41(24-20-39)43-27-31-45(32-28-43)55-49-17-9-7-15-47(49)53-51(55)35-36-52-54(53)48-16-8-10-18-50(48)56(52)46-33-29-44(30-34-46)42-25-21-40(22-26-42)38-13-5-2-6-14-38/h7-10,15-38H,1-6,11-14H2. The minimum atomic E-state index is 0.732. The zero-order valence-corrected chi connectivity index (χ0v) is 32.1. The van der Waals surface area contributed by atoms with Crippen molar-refractivity contribution in [3.8, 4) is 33.6 Å². The zero-order valence-electron chi connectivity index (χ0n) is 32.1. The molecule has 274 valence electrons. The SMILES string of the molecule is c1ccc2c(c1)c1c3c4ccccc4n(-c4ccc(-c5ccc(C6CCCCC6)cc5)cc4)c3ccc1n2-c1ccc(-c2ccc(C3CCCCC3)cc2)cc1. The summed E-state index contributed by atoms with van der Waals surface area (Å²) in [6.07, 6.45) is 13.6. The fourth-order valence-electron chi connectivity index (χ4n) is 10.4. The number of para-hydroxylation sites is 2. The first-order chi connectivity index (χ1) is 27.8. The molecule has 0 spiro atoms. The Bertz CT molecular complexity index is 2620. The van der Waals surface area contributed by atoms with Crippen LogP contribution in [-0.4, -0.2) is 9.13 Å². The van der Waals surface area contributed by atoms with E-state index in [0.29, 0.717) is 0 Å². The van der Waals surface area contributed by atoms with E-state index in [-0.39, 0.29) is 0 Å². The van der Waals surface area contributed by atoms with Crippen LogP contribution < -0.4 is 0 Å². The van der Waals surface area contributed by atoms with Gasteiger partial charge >= 0.3 is 0 Å². The smallest absolute Gasteiger partial charge is 0.0548 e. The van der Waals surface area contributed by atoms with Gasteiger partial charge < -0.3 is 9.13 Å². The molecule has 0 N–H and O–H groups in total. The molecule has 0 radical (unpaired) electrons. The molecule has 0 saturated heterocycles. The summed E-state index contributed by atoms with van der Waals surface area (Å²) in [6, 6.07) is 59.7. The van der Waals surface area contributed by atoms with Gasteiger partial charge in [-0.15, -0.1) is 0 Å². The third-order valence-electron chi connectivity index (χ3n) is 13.4. The van der Waals surface area contributed by atoms with Crippen molar-refractivity contribution in [2.24, 2.45) is 0 Å². The second-order valence-electron chi connectivity index (χ2n) is 16.6. The lowest BCUT2D eigenvalue weighted by atomic mass is 9.84. The largest absolute Gasteiger partial charge is 0.309 e. The third kappa shape index (κ3) is 5.69. The Morgan fingerprint density at radius 3 is 1.02 bits per heavy atom. The molecule has 2 aromatic heterocycles. The summed E-state index contributed by atoms with van der Waals surface area (Å²) in [7, 11) is 0. The fourth-order valence-corrected chi connectivity index (χ4v) is 10.4. The van der Waals surface area contributed by atoms with Crippen LogP contribution in [0.5, 0.6) is 0 Å². The lowest BCUT2D eigenvalue weighted by Gasteiger charge is -2.22. The van der Waals surface area contributed by atoms with Gasteiger partial charge in [0.2, 0.25) is 0 Å². The highest BCUT2D eigenvalue weighted by Crippen LogP contribution is 2.43. The van der Waals surface area contributed by atoms with E-state index in [1.807, 2.05) is 0 Å². The maximum Gasteiger partial charge on any atom is 0.0548 e. The van der Waals surface area contributed by atoms with E-state index in [2.05, 4.69) is 167 Å². The molecule has 2 saturated carbocycles. The molecule has 9 aromatic rings. The molecule has 2 nitrogen and oxygen atoms in total. The number of fused-ring (bicyclic) bond motifs is 7. The molecule has 11 rings (SSSR count). The van der Waals surface area contributed by atoms with Gasteiger partial charge in [0.25, 0.3) is 0 Å². The van der Waals surface area contributed by atoms with Gasteiger partial charge in [-0.1, -0.05) is 148 Å². The minimum absolute atomic E-state index is 0.732. The lowest BCUT2D eigenvalue weighted by molar-refractivity contribution is 0.443. The highest BCUT2D eigenvalue weighted by molar-refractivity contribution is 6.28. The first-order valence-corrected chi connectivity index (χ1v) is 21.2. The molecule has 0 aliphatic heterocycles. The van der Waals surface area contributed by atoms with Crippen molar-refractivity contribution in [1.82, 2.24) is 9.13 Å². The van der Waals surface area contributed by atoms with Crippen molar-refractivity contribution in [3.05, 3.63) is 169 Å². The summed E-state index contributed by atoms with van der Waals surface area (Å²) >= 11 is 0. The van der Waals surface area contributed by atoms with Crippen LogP contribution in [0.25, 0.3) is 77.2 Å². The Kier molecular flexibility index (Phi) is 8.38. The van der Waals surface area contributed by atoms with Crippen molar-refractivity contribution in [2.45, 2.75) is 76.0 Å². The van der Waals surface area contributed by atoms with E-state index in [9.17, 15) is 0 Å². The predicted molar refractivity (Wildman–Crippen MR) is 238 cm³/mol. The van der Waals surface area contributed by atoms with Crippen LogP contribution in [0.1, 0.15) is 87.2 Å². The molecule has 56 heavy (non-hydrogen) atoms. The second-order valence-corrected chi connectivity index (χ2v) is 16.6. The highest BCUT2D eigenvalue weighted by Gasteiger charge is 2.21. The molecule has 2 aliphatic carbocycles. The molecular formula is C54H48N2. The Morgan fingerprint density at radius 2 is 0.643 bits per heavy atom. The van der Waals surface area contributed by atoms with Gasteiger partial charge in [0, 0.05) is 32.9 Å². The van der Waals surface area contributed by atoms with Crippen molar-refractivity contribution in [3.63, 3.8) is 0 Å². The van der Waals surface area contributed by atoms with E-state index >= 15 is 0 Å². The molecule has 7 aromatic carbocycles. The van der Waals surface area contributed by atoms with Gasteiger partial charge in [-0.2, -0.15) is 0 Å². The number of aromatic nitrogens is 2. The Labute approximate surface area is 330 Å². The Balaban J connectivity index is 0.978. The van der Waals surface area contributed by atoms with Crippen LogP contribution >= 0.6 is 0 Å². The molecule has 0 unspecified atom stereocenters. The van der Waals surface area contributed by atoms with Crippen molar-refractivity contribution in [2.75, 3.05) is 0 Å². The van der Waals surface area contributed by atoms with E-state index in [1.54, 1.807) is 0 Å². The van der Waals surface area contributed by atoms with Crippen molar-refractivity contribution < 1.29 is 0 Å². The minimum Gasteiger partial charge on any atom is -0.309 e. The zero-order chi connectivity index (χ0) is 37.0. The number of rotatable bonds is 6. The molecular weight excluding hydrogens is 677 g/mol. The first-order valence-electron chi connectivity index (χ1n) is 21.2. The van der Waals surface area contributed by atoms with Gasteiger partial charge in [-0.25, -0.2) is 0 Å². The summed E-state index contributed by atoms with van der Waals surface area (Å²) in [4.78, 5) is 0. The summed E-state index contributed by atoms with van der Waals surface area (Å²) in [6.45, 7) is 0. The summed E-state index contributed by atoms with van der Waals surface area (Å²) in [5.74, 6) is 1.46. The Morgan fingerprint density at radius 1 is 0.304 bits per heavy atom. The molecule has 0 amide bonds. The first kappa shape index (κ1) is 33.5. The maximum atomic E-state index is 2.46. The third-order valence-corrected chi connectivity index (χ3v) is 13.4. The summed E-state index contributed by atoms with van der Waals surface area (Å²) in [5, 5.41) is 5.19. The normalized spacial score (nSPS) is 15.7. The average molecular weight is 725 g/mol. The molecule has 2 heterocycles. The van der Waals surface area contributed by atoms with Crippen LogP contribution in [-0.2, 0) is 0 Å². The van der Waals surface area contributed by atoms with E-state index in [1.165, 1.54) is 153 Å². The van der Waals surface area contributed by atoms with Gasteiger partial charge in [0.15, 0.2) is 0 Å². The van der Waals surface area contributed by atoms with Crippen LogP contribution in [0.4, 0.5) is 0 Å². The molecule has 2 heteroatoms. The predicted octanol–water partition coefficient (Wildman–Crippen LogP) is 15.3. The van der Waals surface area contributed by atoms with Crippen LogP contribution in [0.15, 0.2) is 158 Å². The number of benzene rings is 7. The quantitative estimate of drug-likeness (QED) is 0.162. The van der Waals surface area contributed by atoms with E-state index in [4.69, 9.17) is 0 Å². The molecule has 2 fully saturated rings. The Hall–Kier alpha value is -5.86. The molecule has 2 aliphatic rings. The topological polar surface area (TPSA) is 9.86 Å². The summed E-state index contributed by atoms with van der Waals surface area (Å²) in [5.41, 5.74) is 15.4. The number of hydrogen-bond donors (Lipinski definition) is 0. The molecule has 0 atom stereocenters. The van der Waals surface area contributed by atoms with Gasteiger partial charge in [-0.3, -0.25) is 0 Å². The number of hydrogen-bond acceptors (Lipinski definition) is 0. The maximum absolute atomic E-state index is 2.46. The fraction of sp³-hybridized carbons (Fsp3) is 0.222. The monoisotopic (exact) mass is 724 g/mol. The average Bonchev–Trinajstić information content (AvgIpc) is 3.80. The van der Waals surface area contributed by atoms with Crippen molar-refractivity contribution in [1.29, 1.82) is 0 Å². The van der Waals surface area contributed by atoms with Crippen LogP contribution in [0.2, 0.25) is 0 Å². The molecule has 0 bridgehead atoms. The highest BCUT2D eigenvalue weighted by atomic mass is 15.0. The van der Waals surface area contributed by atoms with Crippen molar-refractivity contribution >= 4 is 43.6 Å². The van der Waals surface area contributed by atoms with Crippen LogP contribution in [0, 0.1) is 0 Å². The van der Waals surface area contributed by atoms with Gasteiger partial charge in [0.1, 0.15) is 0 Å². The van der Waals surface area contributed by atoms with Gasteiger partial charge in [0.05, 0.1) is 22.1 Å². The number of nitrogens with zero attached hydrogens (tertiary/aromatic N) is 2. The lowest BCUT2D eigenvalue weighted by Crippen LogP contribution is -2.04.